The van der Waals surface area contributed by atoms with E-state index in [4.69, 9.17) is 14.2 Å². The van der Waals surface area contributed by atoms with Crippen LogP contribution < -0.4 is 14.8 Å². The number of nitrogens with zero attached hydrogens (tertiary/aromatic N) is 1. The van der Waals surface area contributed by atoms with Crippen LogP contribution in [0.3, 0.4) is 0 Å². The van der Waals surface area contributed by atoms with Gasteiger partial charge in [-0.2, -0.15) is 0 Å². The molecule has 0 fully saturated rings. The fraction of sp³-hybridized carbons (Fsp3) is 0.350. The van der Waals surface area contributed by atoms with Crippen LogP contribution in [0.4, 0.5) is 14.9 Å². The SMILES string of the molecule is COCCOc1cc(NC(=O)N(C)C(C)c2ccccc2F)ccc1OC. The summed E-state index contributed by atoms with van der Waals surface area (Å²) in [6.07, 6.45) is 0. The molecule has 0 radical (unpaired) electrons. The van der Waals surface area contributed by atoms with Crippen LogP contribution in [0.1, 0.15) is 18.5 Å². The Labute approximate surface area is 158 Å². The molecule has 0 saturated carbocycles. The highest BCUT2D eigenvalue weighted by Gasteiger charge is 2.20. The molecular weight excluding hydrogens is 351 g/mol. The summed E-state index contributed by atoms with van der Waals surface area (Å²) >= 11 is 0. The Morgan fingerprint density at radius 1 is 1.15 bits per heavy atom. The number of ether oxygens (including phenoxy) is 3. The predicted molar refractivity (Wildman–Crippen MR) is 102 cm³/mol. The van der Waals surface area contributed by atoms with E-state index in [0.29, 0.717) is 36.0 Å². The van der Waals surface area contributed by atoms with Gasteiger partial charge in [0, 0.05) is 31.5 Å². The highest BCUT2D eigenvalue weighted by atomic mass is 19.1. The Bertz CT molecular complexity index is 769. The summed E-state index contributed by atoms with van der Waals surface area (Å²) in [5, 5.41) is 2.79. The minimum absolute atomic E-state index is 0.345. The van der Waals surface area contributed by atoms with Crippen molar-refractivity contribution in [3.63, 3.8) is 0 Å². The van der Waals surface area contributed by atoms with E-state index in [1.807, 2.05) is 0 Å². The number of carbonyl (C=O) groups excluding carboxylic acids is 1. The summed E-state index contributed by atoms with van der Waals surface area (Å²) < 4.78 is 29.8. The molecule has 1 N–H and O–H groups in total. The zero-order chi connectivity index (χ0) is 19.8. The quantitative estimate of drug-likeness (QED) is 0.705. The van der Waals surface area contributed by atoms with E-state index in [0.717, 1.165) is 0 Å². The molecule has 1 unspecified atom stereocenters. The van der Waals surface area contributed by atoms with Crippen molar-refractivity contribution < 1.29 is 23.4 Å². The van der Waals surface area contributed by atoms with Crippen LogP contribution in [-0.2, 0) is 4.74 Å². The summed E-state index contributed by atoms with van der Waals surface area (Å²) in [7, 11) is 4.75. The molecule has 2 rings (SSSR count). The van der Waals surface area contributed by atoms with Crippen LogP contribution in [-0.4, -0.2) is 45.4 Å². The fourth-order valence-corrected chi connectivity index (χ4v) is 2.51. The number of rotatable bonds is 8. The normalized spacial score (nSPS) is 11.6. The Kier molecular flexibility index (Phi) is 7.43. The van der Waals surface area contributed by atoms with Gasteiger partial charge < -0.3 is 24.4 Å². The standard InChI is InChI=1S/C20H25FN2O4/c1-14(16-7-5-6-8-17(16)21)23(2)20(24)22-15-9-10-18(26-4)19(13-15)27-12-11-25-3/h5-10,13-14H,11-12H2,1-4H3,(H,22,24). The third-order valence-corrected chi connectivity index (χ3v) is 4.22. The maximum absolute atomic E-state index is 14.0. The molecule has 0 spiro atoms. The van der Waals surface area contributed by atoms with E-state index in [1.165, 1.54) is 11.0 Å². The molecule has 0 heterocycles. The predicted octanol–water partition coefficient (Wildman–Crippen LogP) is 4.08. The second-order valence-corrected chi connectivity index (χ2v) is 5.95. The zero-order valence-electron chi connectivity index (χ0n) is 16.0. The van der Waals surface area contributed by atoms with E-state index in [9.17, 15) is 9.18 Å². The van der Waals surface area contributed by atoms with Gasteiger partial charge >= 0.3 is 6.03 Å². The topological polar surface area (TPSA) is 60.0 Å². The average molecular weight is 376 g/mol. The number of amides is 2. The van der Waals surface area contributed by atoms with Gasteiger partial charge in [0.25, 0.3) is 0 Å². The van der Waals surface area contributed by atoms with Crippen molar-refractivity contribution in [1.29, 1.82) is 0 Å². The van der Waals surface area contributed by atoms with Gasteiger partial charge in [0.1, 0.15) is 12.4 Å². The largest absolute Gasteiger partial charge is 0.493 e. The molecule has 2 aromatic carbocycles. The van der Waals surface area contributed by atoms with Gasteiger partial charge in [0.2, 0.25) is 0 Å². The van der Waals surface area contributed by atoms with Crippen LogP contribution in [0.25, 0.3) is 0 Å². The third-order valence-electron chi connectivity index (χ3n) is 4.22. The lowest BCUT2D eigenvalue weighted by molar-refractivity contribution is 0.144. The lowest BCUT2D eigenvalue weighted by atomic mass is 10.1. The molecule has 7 heteroatoms. The summed E-state index contributed by atoms with van der Waals surface area (Å²) in [6, 6.07) is 10.7. The fourth-order valence-electron chi connectivity index (χ4n) is 2.51. The third kappa shape index (κ3) is 5.34. The van der Waals surface area contributed by atoms with Crippen LogP contribution >= 0.6 is 0 Å². The first-order valence-electron chi connectivity index (χ1n) is 8.56. The number of methoxy groups -OCH3 is 2. The molecule has 146 valence electrons. The monoisotopic (exact) mass is 376 g/mol. The molecule has 27 heavy (non-hydrogen) atoms. The van der Waals surface area contributed by atoms with E-state index in [1.54, 1.807) is 64.6 Å². The Balaban J connectivity index is 2.10. The minimum Gasteiger partial charge on any atom is -0.493 e. The van der Waals surface area contributed by atoms with Crippen LogP contribution in [0.2, 0.25) is 0 Å². The maximum atomic E-state index is 14.0. The first-order valence-corrected chi connectivity index (χ1v) is 8.56. The molecule has 0 aromatic heterocycles. The lowest BCUT2D eigenvalue weighted by Gasteiger charge is -2.26. The highest BCUT2D eigenvalue weighted by Crippen LogP contribution is 2.30. The van der Waals surface area contributed by atoms with Crippen molar-refractivity contribution in [2.24, 2.45) is 0 Å². The second kappa shape index (κ2) is 9.78. The second-order valence-electron chi connectivity index (χ2n) is 5.95. The number of anilines is 1. The molecule has 1 atom stereocenters. The Hall–Kier alpha value is -2.80. The van der Waals surface area contributed by atoms with Gasteiger partial charge in [0.15, 0.2) is 11.5 Å². The lowest BCUT2D eigenvalue weighted by Crippen LogP contribution is -2.34. The minimum atomic E-state index is -0.429. The number of hydrogen-bond donors (Lipinski definition) is 1. The number of carbonyl (C=O) groups is 1. The summed E-state index contributed by atoms with van der Waals surface area (Å²) in [6.45, 7) is 2.56. The first kappa shape index (κ1) is 20.5. The molecule has 2 aromatic rings. The number of halogens is 1. The highest BCUT2D eigenvalue weighted by molar-refractivity contribution is 5.89. The molecule has 0 aliphatic heterocycles. The molecule has 0 bridgehead atoms. The van der Waals surface area contributed by atoms with Gasteiger partial charge in [-0.25, -0.2) is 9.18 Å². The van der Waals surface area contributed by atoms with Gasteiger partial charge in [-0.05, 0) is 25.1 Å². The van der Waals surface area contributed by atoms with E-state index < -0.39 is 6.04 Å². The van der Waals surface area contributed by atoms with Gasteiger partial charge in [-0.1, -0.05) is 18.2 Å². The first-order chi connectivity index (χ1) is 13.0. The molecule has 0 saturated heterocycles. The van der Waals surface area contributed by atoms with Gasteiger partial charge in [0.05, 0.1) is 19.8 Å². The van der Waals surface area contributed by atoms with E-state index >= 15 is 0 Å². The average Bonchev–Trinajstić information content (AvgIpc) is 2.67. The summed E-state index contributed by atoms with van der Waals surface area (Å²) in [4.78, 5) is 14.0. The van der Waals surface area contributed by atoms with E-state index in [2.05, 4.69) is 5.32 Å². The van der Waals surface area contributed by atoms with Gasteiger partial charge in [-0.15, -0.1) is 0 Å². The van der Waals surface area contributed by atoms with Crippen molar-refractivity contribution in [1.82, 2.24) is 4.90 Å². The smallest absolute Gasteiger partial charge is 0.322 e. The van der Waals surface area contributed by atoms with Gasteiger partial charge in [-0.3, -0.25) is 0 Å². The van der Waals surface area contributed by atoms with Crippen molar-refractivity contribution in [3.05, 3.63) is 53.8 Å². The molecule has 2 amide bonds. The van der Waals surface area contributed by atoms with Crippen molar-refractivity contribution >= 4 is 11.7 Å². The van der Waals surface area contributed by atoms with Crippen LogP contribution in [0.15, 0.2) is 42.5 Å². The van der Waals surface area contributed by atoms with Crippen LogP contribution in [0, 0.1) is 5.82 Å². The molecule has 0 aliphatic carbocycles. The molecule has 0 aliphatic rings. The molecule has 6 nitrogen and oxygen atoms in total. The van der Waals surface area contributed by atoms with E-state index in [-0.39, 0.29) is 11.8 Å². The van der Waals surface area contributed by atoms with Crippen molar-refractivity contribution in [2.45, 2.75) is 13.0 Å². The summed E-state index contributed by atoms with van der Waals surface area (Å²) in [5.41, 5.74) is 0.995. The maximum Gasteiger partial charge on any atom is 0.322 e. The van der Waals surface area contributed by atoms with Crippen LogP contribution in [0.5, 0.6) is 11.5 Å². The Morgan fingerprint density at radius 3 is 2.56 bits per heavy atom. The summed E-state index contributed by atoms with van der Waals surface area (Å²) in [5.74, 6) is 0.706. The molecular formula is C20H25FN2O4. The number of benzene rings is 2. The van der Waals surface area contributed by atoms with Crippen molar-refractivity contribution in [2.75, 3.05) is 39.8 Å². The zero-order valence-corrected chi connectivity index (χ0v) is 16.0. The van der Waals surface area contributed by atoms with Crippen molar-refractivity contribution in [3.8, 4) is 11.5 Å². The number of hydrogen-bond acceptors (Lipinski definition) is 4. The number of nitrogens with one attached hydrogen (secondary N) is 1. The number of urea groups is 1. The Morgan fingerprint density at radius 2 is 1.89 bits per heavy atom.